The van der Waals surface area contributed by atoms with Crippen molar-refractivity contribution in [3.63, 3.8) is 0 Å². The fraction of sp³-hybridized carbons (Fsp3) is 0.429. The molecule has 1 spiro atoms. The smallest absolute Gasteiger partial charge is 0.253 e. The average Bonchev–Trinajstić information content (AvgIpc) is 2.71. The van der Waals surface area contributed by atoms with Crippen LogP contribution in [-0.4, -0.2) is 52.3 Å². The van der Waals surface area contributed by atoms with Gasteiger partial charge in [-0.1, -0.05) is 12.1 Å². The number of rotatable bonds is 2. The van der Waals surface area contributed by atoms with Gasteiger partial charge >= 0.3 is 0 Å². The van der Waals surface area contributed by atoms with Gasteiger partial charge in [0.15, 0.2) is 0 Å². The number of nitrogen functional groups attached to an aromatic ring is 1. The summed E-state index contributed by atoms with van der Waals surface area (Å²) in [6.07, 6.45) is 4.38. The van der Waals surface area contributed by atoms with Crippen molar-refractivity contribution in [2.24, 2.45) is 0 Å². The van der Waals surface area contributed by atoms with E-state index in [0.29, 0.717) is 43.9 Å². The lowest BCUT2D eigenvalue weighted by Crippen LogP contribution is -2.56. The molecule has 27 heavy (non-hydrogen) atoms. The summed E-state index contributed by atoms with van der Waals surface area (Å²) in [5, 5.41) is 10.3. The minimum Gasteiger partial charge on any atom is -0.390 e. The Morgan fingerprint density at radius 1 is 1.15 bits per heavy atom. The van der Waals surface area contributed by atoms with E-state index in [2.05, 4.69) is 4.98 Å². The molecule has 1 aromatic heterocycles. The summed E-state index contributed by atoms with van der Waals surface area (Å²) in [5.74, 6) is 0.512. The van der Waals surface area contributed by atoms with Gasteiger partial charge in [-0.3, -0.25) is 4.79 Å². The maximum Gasteiger partial charge on any atom is 0.253 e. The van der Waals surface area contributed by atoms with E-state index in [4.69, 9.17) is 10.5 Å². The number of carbonyl (C=O) groups is 1. The number of pyridine rings is 1. The van der Waals surface area contributed by atoms with Crippen LogP contribution in [0, 0.1) is 0 Å². The average molecular weight is 367 g/mol. The van der Waals surface area contributed by atoms with Crippen LogP contribution in [0.25, 0.3) is 11.1 Å². The highest BCUT2D eigenvalue weighted by Crippen LogP contribution is 2.35. The molecule has 2 aliphatic heterocycles. The molecule has 6 nitrogen and oxygen atoms in total. The third-order valence-corrected chi connectivity index (χ3v) is 5.77. The van der Waals surface area contributed by atoms with E-state index in [-0.39, 0.29) is 5.91 Å². The molecule has 3 N–H and O–H groups in total. The largest absolute Gasteiger partial charge is 0.390 e. The van der Waals surface area contributed by atoms with Gasteiger partial charge in [0, 0.05) is 37.0 Å². The Morgan fingerprint density at radius 3 is 2.48 bits per heavy atom. The van der Waals surface area contributed by atoms with Crippen molar-refractivity contribution < 1.29 is 14.6 Å². The summed E-state index contributed by atoms with van der Waals surface area (Å²) < 4.78 is 5.92. The lowest BCUT2D eigenvalue weighted by Gasteiger charge is -2.46. The van der Waals surface area contributed by atoms with Crippen molar-refractivity contribution in [2.45, 2.75) is 37.4 Å². The third kappa shape index (κ3) is 3.55. The predicted molar refractivity (Wildman–Crippen MR) is 103 cm³/mol. The van der Waals surface area contributed by atoms with E-state index in [9.17, 15) is 9.90 Å². The van der Waals surface area contributed by atoms with E-state index in [0.717, 1.165) is 24.0 Å². The van der Waals surface area contributed by atoms with Gasteiger partial charge in [-0.2, -0.15) is 0 Å². The molecule has 2 fully saturated rings. The monoisotopic (exact) mass is 367 g/mol. The van der Waals surface area contributed by atoms with Crippen LogP contribution < -0.4 is 5.73 Å². The van der Waals surface area contributed by atoms with Crippen molar-refractivity contribution in [2.75, 3.05) is 25.4 Å². The Bertz CT molecular complexity index is 796. The number of aliphatic hydroxyl groups is 1. The first-order valence-corrected chi connectivity index (χ1v) is 9.51. The first-order chi connectivity index (χ1) is 13.1. The number of anilines is 1. The lowest BCUT2D eigenvalue weighted by molar-refractivity contribution is -0.174. The standard InChI is InChI=1S/C21H25N3O3/c22-19-8-7-17(14-23-19)15-3-5-16(6-4-15)20(26)24-11-9-21(10-12-24)18(25)2-1-13-27-21/h3-8,14,18,25H,1-2,9-13H2,(H2,22,23)/t18-/m1/s1. The number of aromatic nitrogens is 1. The van der Waals surface area contributed by atoms with Crippen LogP contribution in [0.15, 0.2) is 42.6 Å². The number of piperidine rings is 1. The quantitative estimate of drug-likeness (QED) is 0.851. The third-order valence-electron chi connectivity index (χ3n) is 5.77. The molecule has 6 heteroatoms. The number of ether oxygens (including phenoxy) is 1. The Hall–Kier alpha value is -2.44. The van der Waals surface area contributed by atoms with Crippen LogP contribution in [-0.2, 0) is 4.74 Å². The highest BCUT2D eigenvalue weighted by Gasteiger charge is 2.44. The fourth-order valence-corrected chi connectivity index (χ4v) is 4.04. The Morgan fingerprint density at radius 2 is 1.85 bits per heavy atom. The maximum atomic E-state index is 12.8. The maximum absolute atomic E-state index is 12.8. The zero-order valence-corrected chi connectivity index (χ0v) is 15.3. The topological polar surface area (TPSA) is 88.7 Å². The molecule has 4 rings (SSSR count). The molecule has 0 unspecified atom stereocenters. The molecule has 1 aromatic carbocycles. The Labute approximate surface area is 159 Å². The molecule has 142 valence electrons. The minimum absolute atomic E-state index is 0.0251. The second kappa shape index (κ2) is 7.29. The molecule has 2 aromatic rings. The Kier molecular flexibility index (Phi) is 4.85. The van der Waals surface area contributed by atoms with Gasteiger partial charge in [0.25, 0.3) is 5.91 Å². The molecular formula is C21H25N3O3. The van der Waals surface area contributed by atoms with Gasteiger partial charge < -0.3 is 20.5 Å². The minimum atomic E-state index is -0.457. The Balaban J connectivity index is 1.42. The number of amides is 1. The molecule has 3 heterocycles. The highest BCUT2D eigenvalue weighted by atomic mass is 16.5. The molecule has 2 aliphatic rings. The summed E-state index contributed by atoms with van der Waals surface area (Å²) in [7, 11) is 0. The summed E-state index contributed by atoms with van der Waals surface area (Å²) in [5.41, 5.74) is 7.80. The summed E-state index contributed by atoms with van der Waals surface area (Å²) in [6, 6.07) is 11.2. The van der Waals surface area contributed by atoms with E-state index in [1.165, 1.54) is 0 Å². The number of benzene rings is 1. The van der Waals surface area contributed by atoms with Crippen molar-refractivity contribution >= 4 is 11.7 Å². The predicted octanol–water partition coefficient (Wildman–Crippen LogP) is 2.48. The molecule has 0 bridgehead atoms. The van der Waals surface area contributed by atoms with Crippen LogP contribution in [0.3, 0.4) is 0 Å². The molecular weight excluding hydrogens is 342 g/mol. The molecule has 1 amide bonds. The van der Waals surface area contributed by atoms with E-state index in [1.54, 1.807) is 12.3 Å². The van der Waals surface area contributed by atoms with Gasteiger partial charge in [0.2, 0.25) is 0 Å². The normalized spacial score (nSPS) is 22.0. The molecule has 2 saturated heterocycles. The second-order valence-electron chi connectivity index (χ2n) is 7.41. The SMILES string of the molecule is Nc1ccc(-c2ccc(C(=O)N3CCC4(CC3)OCCC[C@H]4O)cc2)cn1. The number of nitrogens with zero attached hydrogens (tertiary/aromatic N) is 2. The summed E-state index contributed by atoms with van der Waals surface area (Å²) in [4.78, 5) is 18.8. The molecule has 0 aliphatic carbocycles. The molecule has 0 radical (unpaired) electrons. The van der Waals surface area contributed by atoms with Gasteiger partial charge in [0.1, 0.15) is 5.82 Å². The van der Waals surface area contributed by atoms with Crippen LogP contribution in [0.4, 0.5) is 5.82 Å². The van der Waals surface area contributed by atoms with Gasteiger partial charge in [-0.25, -0.2) is 4.98 Å². The second-order valence-corrected chi connectivity index (χ2v) is 7.41. The van der Waals surface area contributed by atoms with Crippen molar-refractivity contribution in [3.05, 3.63) is 48.2 Å². The molecule has 1 atom stereocenters. The van der Waals surface area contributed by atoms with Crippen LogP contribution in [0.5, 0.6) is 0 Å². The first kappa shape index (κ1) is 17.9. The van der Waals surface area contributed by atoms with Crippen molar-refractivity contribution in [3.8, 4) is 11.1 Å². The summed E-state index contributed by atoms with van der Waals surface area (Å²) in [6.45, 7) is 1.92. The van der Waals surface area contributed by atoms with E-state index < -0.39 is 11.7 Å². The first-order valence-electron chi connectivity index (χ1n) is 9.51. The number of nitrogens with two attached hydrogens (primary N) is 1. The number of carbonyl (C=O) groups excluding carboxylic acids is 1. The zero-order valence-electron chi connectivity index (χ0n) is 15.3. The number of aliphatic hydroxyl groups excluding tert-OH is 1. The van der Waals surface area contributed by atoms with Gasteiger partial charge in [0.05, 0.1) is 11.7 Å². The zero-order chi connectivity index (χ0) is 18.9. The van der Waals surface area contributed by atoms with Gasteiger partial charge in [-0.15, -0.1) is 0 Å². The van der Waals surface area contributed by atoms with Crippen LogP contribution >= 0.6 is 0 Å². The van der Waals surface area contributed by atoms with E-state index >= 15 is 0 Å². The molecule has 0 saturated carbocycles. The number of likely N-dealkylation sites (tertiary alicyclic amines) is 1. The van der Waals surface area contributed by atoms with Gasteiger partial charge in [-0.05, 0) is 55.5 Å². The van der Waals surface area contributed by atoms with E-state index in [1.807, 2.05) is 35.2 Å². The summed E-state index contributed by atoms with van der Waals surface area (Å²) >= 11 is 0. The van der Waals surface area contributed by atoms with Crippen molar-refractivity contribution in [1.82, 2.24) is 9.88 Å². The fourth-order valence-electron chi connectivity index (χ4n) is 4.04. The highest BCUT2D eigenvalue weighted by molar-refractivity contribution is 5.94. The number of hydrogen-bond donors (Lipinski definition) is 2. The van der Waals surface area contributed by atoms with Crippen molar-refractivity contribution in [1.29, 1.82) is 0 Å². The van der Waals surface area contributed by atoms with Crippen LogP contribution in [0.1, 0.15) is 36.0 Å². The van der Waals surface area contributed by atoms with Crippen LogP contribution in [0.2, 0.25) is 0 Å². The lowest BCUT2D eigenvalue weighted by atomic mass is 9.82. The number of hydrogen-bond acceptors (Lipinski definition) is 5.